The van der Waals surface area contributed by atoms with Gasteiger partial charge in [-0.3, -0.25) is 9.78 Å². The van der Waals surface area contributed by atoms with Gasteiger partial charge in [0.15, 0.2) is 0 Å². The molecule has 0 amide bonds. The molecule has 2 N–H and O–H groups in total. The molecule has 16 heavy (non-hydrogen) atoms. The van der Waals surface area contributed by atoms with E-state index >= 15 is 0 Å². The number of carboxylic acids is 1. The number of rotatable bonds is 5. The number of nitrogens with one attached hydrogen (secondary N) is 1. The van der Waals surface area contributed by atoms with Gasteiger partial charge in [-0.2, -0.15) is 0 Å². The topological polar surface area (TPSA) is 62.2 Å². The summed E-state index contributed by atoms with van der Waals surface area (Å²) in [5.41, 5.74) is 0.359. The van der Waals surface area contributed by atoms with E-state index in [-0.39, 0.29) is 6.04 Å². The van der Waals surface area contributed by atoms with Gasteiger partial charge < -0.3 is 10.4 Å². The lowest BCUT2D eigenvalue weighted by Gasteiger charge is -2.23. The smallest absolute Gasteiger partial charge is 0.310 e. The summed E-state index contributed by atoms with van der Waals surface area (Å²) in [7, 11) is 0. The van der Waals surface area contributed by atoms with Crippen LogP contribution in [0.5, 0.6) is 0 Å². The summed E-state index contributed by atoms with van der Waals surface area (Å²) in [4.78, 5) is 14.9. The first-order valence-electron chi connectivity index (χ1n) is 5.30. The van der Waals surface area contributed by atoms with Crippen LogP contribution in [-0.2, 0) is 4.79 Å². The van der Waals surface area contributed by atoms with Crippen LogP contribution in [0.4, 0.5) is 0 Å². The van der Waals surface area contributed by atoms with Crippen molar-refractivity contribution in [2.75, 3.05) is 6.54 Å². The number of carboxylic acid groups (broad SMARTS) is 1. The molecular formula is C12H18N2O2. The largest absolute Gasteiger partial charge is 0.481 e. The van der Waals surface area contributed by atoms with Crippen LogP contribution in [0.25, 0.3) is 0 Å². The fraction of sp³-hybridized carbons (Fsp3) is 0.500. The van der Waals surface area contributed by atoms with Crippen molar-refractivity contribution in [3.8, 4) is 0 Å². The van der Waals surface area contributed by atoms with E-state index in [0.717, 1.165) is 5.56 Å². The van der Waals surface area contributed by atoms with E-state index in [1.807, 2.05) is 19.1 Å². The third kappa shape index (κ3) is 3.31. The summed E-state index contributed by atoms with van der Waals surface area (Å²) >= 11 is 0. The SMILES string of the molecule is C[C@@H](NCC(C)(C)C(=O)O)c1ccncc1. The lowest BCUT2D eigenvalue weighted by molar-refractivity contribution is -0.146. The number of pyridine rings is 1. The van der Waals surface area contributed by atoms with Crippen molar-refractivity contribution in [1.82, 2.24) is 10.3 Å². The first-order chi connectivity index (χ1) is 7.43. The van der Waals surface area contributed by atoms with Crippen LogP contribution in [-0.4, -0.2) is 22.6 Å². The lowest BCUT2D eigenvalue weighted by Crippen LogP contribution is -2.37. The van der Waals surface area contributed by atoms with Crippen molar-refractivity contribution in [2.45, 2.75) is 26.8 Å². The summed E-state index contributed by atoms with van der Waals surface area (Å²) < 4.78 is 0. The van der Waals surface area contributed by atoms with Gasteiger partial charge in [0.1, 0.15) is 0 Å². The van der Waals surface area contributed by atoms with Gasteiger partial charge in [0.2, 0.25) is 0 Å². The summed E-state index contributed by atoms with van der Waals surface area (Å²) in [6.45, 7) is 5.86. The molecule has 4 nitrogen and oxygen atoms in total. The van der Waals surface area contributed by atoms with Gasteiger partial charge >= 0.3 is 5.97 Å². The standard InChI is InChI=1S/C12H18N2O2/c1-9(10-4-6-13-7-5-10)14-8-12(2,3)11(15)16/h4-7,9,14H,8H2,1-3H3,(H,15,16)/t9-/m1/s1. The Morgan fingerprint density at radius 1 is 1.50 bits per heavy atom. The predicted octanol–water partition coefficient (Wildman–Crippen LogP) is 1.84. The highest BCUT2D eigenvalue weighted by Gasteiger charge is 2.27. The number of aromatic nitrogens is 1. The number of nitrogens with zero attached hydrogens (tertiary/aromatic N) is 1. The second-order valence-corrected chi connectivity index (χ2v) is 4.57. The molecule has 0 aromatic carbocycles. The van der Waals surface area contributed by atoms with Crippen LogP contribution >= 0.6 is 0 Å². The maximum absolute atomic E-state index is 10.9. The van der Waals surface area contributed by atoms with E-state index in [9.17, 15) is 4.79 Å². The molecule has 1 aromatic heterocycles. The molecule has 1 rings (SSSR count). The molecule has 0 saturated heterocycles. The summed E-state index contributed by atoms with van der Waals surface area (Å²) in [5, 5.41) is 12.2. The Balaban J connectivity index is 2.54. The maximum Gasteiger partial charge on any atom is 0.310 e. The van der Waals surface area contributed by atoms with Gasteiger partial charge in [-0.15, -0.1) is 0 Å². The van der Waals surface area contributed by atoms with Gasteiger partial charge in [-0.1, -0.05) is 0 Å². The highest BCUT2D eigenvalue weighted by molar-refractivity contribution is 5.73. The Morgan fingerprint density at radius 3 is 2.56 bits per heavy atom. The monoisotopic (exact) mass is 222 g/mol. The minimum atomic E-state index is -0.790. The molecule has 0 spiro atoms. The predicted molar refractivity (Wildman–Crippen MR) is 62.1 cm³/mol. The molecular weight excluding hydrogens is 204 g/mol. The zero-order valence-electron chi connectivity index (χ0n) is 9.90. The van der Waals surface area contributed by atoms with E-state index in [1.54, 1.807) is 26.2 Å². The van der Waals surface area contributed by atoms with E-state index in [0.29, 0.717) is 6.54 Å². The summed E-state index contributed by atoms with van der Waals surface area (Å²) in [6, 6.07) is 3.97. The van der Waals surface area contributed by atoms with E-state index < -0.39 is 11.4 Å². The van der Waals surface area contributed by atoms with E-state index in [2.05, 4.69) is 10.3 Å². The zero-order valence-corrected chi connectivity index (χ0v) is 9.90. The summed E-state index contributed by atoms with van der Waals surface area (Å²) in [5.74, 6) is -0.790. The first kappa shape index (κ1) is 12.6. The Morgan fingerprint density at radius 2 is 2.06 bits per heavy atom. The molecule has 0 aliphatic carbocycles. The quantitative estimate of drug-likeness (QED) is 0.798. The van der Waals surface area contributed by atoms with Gasteiger partial charge in [-0.25, -0.2) is 0 Å². The van der Waals surface area contributed by atoms with Crippen molar-refractivity contribution >= 4 is 5.97 Å². The molecule has 0 radical (unpaired) electrons. The number of hydrogen-bond acceptors (Lipinski definition) is 3. The highest BCUT2D eigenvalue weighted by Crippen LogP contribution is 2.17. The Hall–Kier alpha value is -1.42. The second kappa shape index (κ2) is 5.07. The molecule has 0 bridgehead atoms. The minimum absolute atomic E-state index is 0.127. The van der Waals surface area contributed by atoms with Crippen LogP contribution in [0.3, 0.4) is 0 Å². The number of aliphatic carboxylic acids is 1. The van der Waals surface area contributed by atoms with Gasteiger partial charge in [0.05, 0.1) is 5.41 Å². The molecule has 4 heteroatoms. The normalized spacial score (nSPS) is 13.4. The molecule has 1 heterocycles. The third-order valence-corrected chi connectivity index (χ3v) is 2.64. The highest BCUT2D eigenvalue weighted by atomic mass is 16.4. The van der Waals surface area contributed by atoms with Crippen LogP contribution in [0.1, 0.15) is 32.4 Å². The fourth-order valence-electron chi connectivity index (χ4n) is 1.25. The van der Waals surface area contributed by atoms with Crippen LogP contribution in [0.2, 0.25) is 0 Å². The average Bonchev–Trinajstić information content (AvgIpc) is 2.27. The Kier molecular flexibility index (Phi) is 4.01. The molecule has 0 aliphatic rings. The summed E-state index contributed by atoms with van der Waals surface area (Å²) in [6.07, 6.45) is 3.46. The van der Waals surface area contributed by atoms with Gasteiger partial charge in [-0.05, 0) is 38.5 Å². The van der Waals surface area contributed by atoms with Crippen molar-refractivity contribution in [2.24, 2.45) is 5.41 Å². The van der Waals surface area contributed by atoms with Crippen molar-refractivity contribution in [3.63, 3.8) is 0 Å². The van der Waals surface area contributed by atoms with Crippen LogP contribution < -0.4 is 5.32 Å². The first-order valence-corrected chi connectivity index (χ1v) is 5.30. The lowest BCUT2D eigenvalue weighted by atomic mass is 9.93. The minimum Gasteiger partial charge on any atom is -0.481 e. The number of carbonyl (C=O) groups is 1. The zero-order chi connectivity index (χ0) is 12.2. The van der Waals surface area contributed by atoms with Crippen molar-refractivity contribution in [3.05, 3.63) is 30.1 Å². The van der Waals surface area contributed by atoms with Gasteiger partial charge in [0, 0.05) is 25.0 Å². The fourth-order valence-corrected chi connectivity index (χ4v) is 1.25. The molecule has 0 saturated carbocycles. The Labute approximate surface area is 95.7 Å². The molecule has 1 atom stereocenters. The van der Waals surface area contributed by atoms with E-state index in [1.165, 1.54) is 0 Å². The molecule has 88 valence electrons. The Bertz CT molecular complexity index is 349. The third-order valence-electron chi connectivity index (χ3n) is 2.64. The van der Waals surface area contributed by atoms with Crippen molar-refractivity contribution < 1.29 is 9.90 Å². The van der Waals surface area contributed by atoms with E-state index in [4.69, 9.17) is 5.11 Å². The average molecular weight is 222 g/mol. The van der Waals surface area contributed by atoms with Crippen molar-refractivity contribution in [1.29, 1.82) is 0 Å². The van der Waals surface area contributed by atoms with Gasteiger partial charge in [0.25, 0.3) is 0 Å². The number of hydrogen-bond donors (Lipinski definition) is 2. The molecule has 0 fully saturated rings. The molecule has 0 aliphatic heterocycles. The van der Waals surface area contributed by atoms with Crippen LogP contribution in [0, 0.1) is 5.41 Å². The molecule has 0 unspecified atom stereocenters. The van der Waals surface area contributed by atoms with Crippen LogP contribution in [0.15, 0.2) is 24.5 Å². The second-order valence-electron chi connectivity index (χ2n) is 4.57. The maximum atomic E-state index is 10.9. The molecule has 1 aromatic rings.